The first-order valence-corrected chi connectivity index (χ1v) is 9.21. The summed E-state index contributed by atoms with van der Waals surface area (Å²) in [6.07, 6.45) is 0. The lowest BCUT2D eigenvalue weighted by Gasteiger charge is -2.19. The van der Waals surface area contributed by atoms with Gasteiger partial charge in [0.1, 0.15) is 5.82 Å². The highest BCUT2D eigenvalue weighted by atomic mass is 19.1. The predicted molar refractivity (Wildman–Crippen MR) is 103 cm³/mol. The zero-order valence-electron chi connectivity index (χ0n) is 16.1. The van der Waals surface area contributed by atoms with Crippen LogP contribution in [0, 0.1) is 11.7 Å². The van der Waals surface area contributed by atoms with Crippen molar-refractivity contribution < 1.29 is 4.39 Å². The van der Waals surface area contributed by atoms with Crippen molar-refractivity contribution >= 4 is 0 Å². The normalized spacial score (nSPS) is 11.5. The number of aromatic nitrogens is 2. The van der Waals surface area contributed by atoms with Crippen LogP contribution < -0.4 is 11.3 Å². The molecule has 0 aliphatic heterocycles. The fraction of sp³-hybridized carbons (Fsp3) is 0.500. The second-order valence-corrected chi connectivity index (χ2v) is 6.91. The number of nitrogens with zero attached hydrogens (tertiary/aromatic N) is 3. The number of nitrogens with two attached hydrogens (primary N) is 1. The monoisotopic (exact) mass is 360 g/mol. The van der Waals surface area contributed by atoms with Crippen molar-refractivity contribution in [2.24, 2.45) is 11.7 Å². The summed E-state index contributed by atoms with van der Waals surface area (Å²) < 4.78 is 15.3. The molecule has 142 valence electrons. The summed E-state index contributed by atoms with van der Waals surface area (Å²) in [5.74, 6) is -0.0281. The Morgan fingerprint density at radius 1 is 1.19 bits per heavy atom. The molecular weight excluding hydrogens is 331 g/mol. The molecule has 0 bridgehead atoms. The van der Waals surface area contributed by atoms with Gasteiger partial charge in [-0.3, -0.25) is 9.69 Å². The van der Waals surface area contributed by atoms with E-state index in [9.17, 15) is 9.18 Å². The SMILES string of the molecule is CCN(CC)Cc1cc(-c2ccc(F)c(CN)c2)nn(CC(C)C)c1=O. The molecule has 0 unspecified atom stereocenters. The van der Waals surface area contributed by atoms with Crippen LogP contribution in [0.4, 0.5) is 4.39 Å². The molecule has 0 aliphatic carbocycles. The van der Waals surface area contributed by atoms with E-state index in [-0.39, 0.29) is 17.9 Å². The van der Waals surface area contributed by atoms with Crippen molar-refractivity contribution in [1.29, 1.82) is 0 Å². The van der Waals surface area contributed by atoms with Gasteiger partial charge in [-0.05, 0) is 43.3 Å². The maximum atomic E-state index is 13.8. The van der Waals surface area contributed by atoms with E-state index in [1.807, 2.05) is 6.07 Å². The van der Waals surface area contributed by atoms with Gasteiger partial charge in [-0.25, -0.2) is 9.07 Å². The molecule has 2 aromatic rings. The second kappa shape index (κ2) is 9.05. The standard InChI is InChI=1S/C20H29FN4O/c1-5-24(6-2)13-17-10-19(23-25(20(17)26)12-14(3)4)15-7-8-18(21)16(9-15)11-22/h7-10,14H,5-6,11-13,22H2,1-4H3. The van der Waals surface area contributed by atoms with E-state index >= 15 is 0 Å². The highest BCUT2D eigenvalue weighted by molar-refractivity contribution is 5.60. The van der Waals surface area contributed by atoms with E-state index in [1.54, 1.807) is 12.1 Å². The Morgan fingerprint density at radius 3 is 2.46 bits per heavy atom. The van der Waals surface area contributed by atoms with E-state index < -0.39 is 0 Å². The molecule has 0 saturated carbocycles. The largest absolute Gasteiger partial charge is 0.326 e. The van der Waals surface area contributed by atoms with Crippen LogP contribution in [0.2, 0.25) is 0 Å². The molecule has 0 amide bonds. The predicted octanol–water partition coefficient (Wildman–Crippen LogP) is 3.01. The molecule has 6 heteroatoms. The van der Waals surface area contributed by atoms with Gasteiger partial charge in [-0.15, -0.1) is 0 Å². The fourth-order valence-electron chi connectivity index (χ4n) is 2.90. The lowest BCUT2D eigenvalue weighted by Crippen LogP contribution is -2.32. The zero-order chi connectivity index (χ0) is 19.3. The van der Waals surface area contributed by atoms with Crippen molar-refractivity contribution in [3.63, 3.8) is 0 Å². The van der Waals surface area contributed by atoms with Crippen molar-refractivity contribution in [2.45, 2.75) is 47.3 Å². The van der Waals surface area contributed by atoms with Gasteiger partial charge in [-0.1, -0.05) is 27.7 Å². The van der Waals surface area contributed by atoms with Crippen molar-refractivity contribution in [2.75, 3.05) is 13.1 Å². The minimum Gasteiger partial charge on any atom is -0.326 e. The van der Waals surface area contributed by atoms with Crippen LogP contribution in [0.25, 0.3) is 11.3 Å². The summed E-state index contributed by atoms with van der Waals surface area (Å²) in [6.45, 7) is 11.2. The molecular formula is C20H29FN4O. The van der Waals surface area contributed by atoms with Crippen LogP contribution in [0.15, 0.2) is 29.1 Å². The third-order valence-corrected chi connectivity index (χ3v) is 4.44. The Labute approximate surface area is 154 Å². The van der Waals surface area contributed by atoms with Crippen LogP contribution in [-0.2, 0) is 19.6 Å². The number of benzene rings is 1. The maximum Gasteiger partial charge on any atom is 0.271 e. The Morgan fingerprint density at radius 2 is 1.88 bits per heavy atom. The lowest BCUT2D eigenvalue weighted by molar-refractivity contribution is 0.292. The Kier molecular flexibility index (Phi) is 7.06. The molecule has 0 radical (unpaired) electrons. The molecule has 0 atom stereocenters. The summed E-state index contributed by atoms with van der Waals surface area (Å²) in [5.41, 5.74) is 8.15. The molecule has 0 saturated heterocycles. The van der Waals surface area contributed by atoms with E-state index in [1.165, 1.54) is 10.7 Å². The molecule has 0 spiro atoms. The summed E-state index contributed by atoms with van der Waals surface area (Å²) in [4.78, 5) is 15.0. The smallest absolute Gasteiger partial charge is 0.271 e. The highest BCUT2D eigenvalue weighted by Crippen LogP contribution is 2.21. The van der Waals surface area contributed by atoms with Gasteiger partial charge in [-0.2, -0.15) is 5.10 Å². The molecule has 1 heterocycles. The zero-order valence-corrected chi connectivity index (χ0v) is 16.1. The lowest BCUT2D eigenvalue weighted by atomic mass is 10.1. The van der Waals surface area contributed by atoms with Gasteiger partial charge in [0.2, 0.25) is 0 Å². The van der Waals surface area contributed by atoms with Gasteiger partial charge in [0.05, 0.1) is 5.69 Å². The molecule has 2 N–H and O–H groups in total. The number of hydrogen-bond acceptors (Lipinski definition) is 4. The van der Waals surface area contributed by atoms with Crippen molar-refractivity contribution in [1.82, 2.24) is 14.7 Å². The average molecular weight is 360 g/mol. The molecule has 0 aliphatic rings. The first-order chi connectivity index (χ1) is 12.4. The average Bonchev–Trinajstić information content (AvgIpc) is 2.62. The summed E-state index contributed by atoms with van der Waals surface area (Å²) in [6, 6.07) is 6.62. The molecule has 1 aromatic carbocycles. The summed E-state index contributed by atoms with van der Waals surface area (Å²) in [7, 11) is 0. The molecule has 1 aromatic heterocycles. The topological polar surface area (TPSA) is 64.2 Å². The van der Waals surface area contributed by atoms with Gasteiger partial charge < -0.3 is 5.73 Å². The third kappa shape index (κ3) is 4.77. The van der Waals surface area contributed by atoms with E-state index in [2.05, 4.69) is 37.7 Å². The molecule has 5 nitrogen and oxygen atoms in total. The number of rotatable bonds is 8. The van der Waals surface area contributed by atoms with Gasteiger partial charge in [0, 0.05) is 36.3 Å². The molecule has 26 heavy (non-hydrogen) atoms. The minimum atomic E-state index is -0.324. The van der Waals surface area contributed by atoms with Crippen molar-refractivity contribution in [3.05, 3.63) is 51.6 Å². The van der Waals surface area contributed by atoms with Crippen LogP contribution in [0.5, 0.6) is 0 Å². The van der Waals surface area contributed by atoms with Gasteiger partial charge >= 0.3 is 0 Å². The highest BCUT2D eigenvalue weighted by Gasteiger charge is 2.14. The Balaban J connectivity index is 2.56. The van der Waals surface area contributed by atoms with Gasteiger partial charge in [0.25, 0.3) is 5.56 Å². The third-order valence-electron chi connectivity index (χ3n) is 4.44. The molecule has 2 rings (SSSR count). The minimum absolute atomic E-state index is 0.0597. The van der Waals surface area contributed by atoms with Gasteiger partial charge in [0.15, 0.2) is 0 Å². The number of halogens is 1. The van der Waals surface area contributed by atoms with Crippen molar-refractivity contribution in [3.8, 4) is 11.3 Å². The molecule has 0 fully saturated rings. The Bertz CT molecular complexity index is 797. The Hall–Kier alpha value is -2.05. The van der Waals surface area contributed by atoms with Crippen LogP contribution in [0.3, 0.4) is 0 Å². The summed E-state index contributed by atoms with van der Waals surface area (Å²) >= 11 is 0. The fourth-order valence-corrected chi connectivity index (χ4v) is 2.90. The van der Waals surface area contributed by atoms with Crippen LogP contribution in [0.1, 0.15) is 38.8 Å². The first-order valence-electron chi connectivity index (χ1n) is 9.21. The van der Waals surface area contributed by atoms with Crippen LogP contribution >= 0.6 is 0 Å². The van der Waals surface area contributed by atoms with E-state index in [0.717, 1.165) is 18.7 Å². The maximum absolute atomic E-state index is 13.8. The second-order valence-electron chi connectivity index (χ2n) is 6.91. The van der Waals surface area contributed by atoms with E-state index in [4.69, 9.17) is 5.73 Å². The summed E-state index contributed by atoms with van der Waals surface area (Å²) in [5, 5.41) is 4.53. The van der Waals surface area contributed by atoms with E-state index in [0.29, 0.717) is 35.8 Å². The van der Waals surface area contributed by atoms with Crippen LogP contribution in [-0.4, -0.2) is 27.8 Å². The quantitative estimate of drug-likeness (QED) is 0.786. The first kappa shape index (κ1) is 20.3. The number of hydrogen-bond donors (Lipinski definition) is 1.